The Labute approximate surface area is 99.3 Å². The van der Waals surface area contributed by atoms with Crippen LogP contribution < -0.4 is 0 Å². The van der Waals surface area contributed by atoms with Crippen molar-refractivity contribution in [1.29, 1.82) is 0 Å². The van der Waals surface area contributed by atoms with E-state index in [-0.39, 0.29) is 0 Å². The van der Waals surface area contributed by atoms with Gasteiger partial charge in [0.1, 0.15) is 0 Å². The van der Waals surface area contributed by atoms with Crippen molar-refractivity contribution < 1.29 is 13.3 Å². The van der Waals surface area contributed by atoms with E-state index in [0.717, 1.165) is 19.6 Å². The molecule has 0 spiro atoms. The summed E-state index contributed by atoms with van der Waals surface area (Å²) < 4.78 is 20.1. The van der Waals surface area contributed by atoms with E-state index in [2.05, 4.69) is 4.57 Å². The molecule has 94 valence electrons. The minimum atomic E-state index is -2.51. The summed E-state index contributed by atoms with van der Waals surface area (Å²) in [5, 5.41) is 0. The van der Waals surface area contributed by atoms with Gasteiger partial charge < -0.3 is 13.3 Å². The van der Waals surface area contributed by atoms with Crippen molar-refractivity contribution in [2.75, 3.05) is 26.4 Å². The van der Waals surface area contributed by atoms with Crippen LogP contribution in [0.25, 0.3) is 0 Å². The zero-order valence-electron chi connectivity index (χ0n) is 10.4. The van der Waals surface area contributed by atoms with Gasteiger partial charge in [0.05, 0.1) is 0 Å². The van der Waals surface area contributed by atoms with E-state index >= 15 is 0 Å². The van der Waals surface area contributed by atoms with Crippen LogP contribution in [0.15, 0.2) is 0 Å². The molecule has 16 heavy (non-hydrogen) atoms. The first kappa shape index (κ1) is 12.5. The van der Waals surface area contributed by atoms with Crippen molar-refractivity contribution in [2.45, 2.75) is 45.6 Å². The highest BCUT2D eigenvalue weighted by Gasteiger charge is 2.54. The van der Waals surface area contributed by atoms with Crippen molar-refractivity contribution in [1.82, 2.24) is 4.57 Å². The first-order valence-corrected chi connectivity index (χ1v) is 8.18. The lowest BCUT2D eigenvalue weighted by Crippen LogP contribution is -2.68. The van der Waals surface area contributed by atoms with E-state index in [1.54, 1.807) is 0 Å². The van der Waals surface area contributed by atoms with E-state index in [0.29, 0.717) is 19.3 Å². The largest absolute Gasteiger partial charge is 0.599 e. The molecule has 0 aromatic carbocycles. The Kier molecular flexibility index (Phi) is 4.38. The third-order valence-corrected chi connectivity index (χ3v) is 6.54. The summed E-state index contributed by atoms with van der Waals surface area (Å²) in [6, 6.07) is 0.632. The molecule has 5 heteroatoms. The zero-order valence-corrected chi connectivity index (χ0v) is 11.4. The van der Waals surface area contributed by atoms with Crippen LogP contribution in [0.1, 0.15) is 39.5 Å². The van der Waals surface area contributed by atoms with E-state index < -0.39 is 8.97 Å². The third-order valence-electron chi connectivity index (χ3n) is 3.37. The maximum Gasteiger partial charge on any atom is 0.599 e. The second-order valence-electron chi connectivity index (χ2n) is 4.37. The Bertz CT molecular complexity index is 214. The third kappa shape index (κ3) is 2.33. The fraction of sp³-hybridized carbons (Fsp3) is 1.00. The minimum Gasteiger partial charge on any atom is -0.361 e. The first-order valence-electron chi connectivity index (χ1n) is 6.51. The molecular weight excluding hydrogens is 222 g/mol. The molecule has 2 aliphatic rings. The Morgan fingerprint density at radius 2 is 1.94 bits per heavy atom. The van der Waals surface area contributed by atoms with Gasteiger partial charge in [-0.25, -0.2) is 0 Å². The lowest BCUT2D eigenvalue weighted by atomic mass is 10.0. The smallest absolute Gasteiger partial charge is 0.361 e. The van der Waals surface area contributed by atoms with Gasteiger partial charge in [0.2, 0.25) is 0 Å². The van der Waals surface area contributed by atoms with E-state index in [1.165, 1.54) is 19.3 Å². The molecule has 0 saturated carbocycles. The summed E-state index contributed by atoms with van der Waals surface area (Å²) in [5.74, 6) is 0. The molecule has 0 aromatic rings. The van der Waals surface area contributed by atoms with E-state index in [4.69, 9.17) is 13.3 Å². The molecule has 4 nitrogen and oxygen atoms in total. The van der Waals surface area contributed by atoms with Gasteiger partial charge in [-0.2, -0.15) is 0 Å². The predicted octanol–water partition coefficient (Wildman–Crippen LogP) is 1.77. The average Bonchev–Trinajstić information content (AvgIpc) is 2.30. The Morgan fingerprint density at radius 3 is 2.62 bits per heavy atom. The van der Waals surface area contributed by atoms with Crippen molar-refractivity contribution in [3.63, 3.8) is 0 Å². The number of fused-ring (bicyclic) bond motifs is 1. The maximum atomic E-state index is 5.94. The van der Waals surface area contributed by atoms with Crippen LogP contribution in [0.4, 0.5) is 0 Å². The quantitative estimate of drug-likeness (QED) is 0.706. The highest BCUT2D eigenvalue weighted by atomic mass is 28.4. The number of hydrogen-bond donors (Lipinski definition) is 0. The van der Waals surface area contributed by atoms with Gasteiger partial charge >= 0.3 is 8.97 Å². The molecule has 1 atom stereocenters. The topological polar surface area (TPSA) is 30.9 Å². The minimum absolute atomic E-state index is 0.632. The molecule has 2 saturated heterocycles. The number of rotatable bonds is 4. The molecule has 2 heterocycles. The van der Waals surface area contributed by atoms with Crippen molar-refractivity contribution in [2.24, 2.45) is 0 Å². The monoisotopic (exact) mass is 245 g/mol. The summed E-state index contributed by atoms with van der Waals surface area (Å²) in [6.45, 7) is 7.27. The van der Waals surface area contributed by atoms with Crippen molar-refractivity contribution >= 4 is 8.97 Å². The summed E-state index contributed by atoms with van der Waals surface area (Å²) in [6.07, 6.45) is 4.99. The van der Waals surface area contributed by atoms with Crippen LogP contribution in [0.5, 0.6) is 0 Å². The molecule has 1 unspecified atom stereocenters. The first-order chi connectivity index (χ1) is 7.82. The van der Waals surface area contributed by atoms with Gasteiger partial charge in [0.25, 0.3) is 0 Å². The molecule has 0 aromatic heterocycles. The van der Waals surface area contributed by atoms with E-state index in [1.807, 2.05) is 13.8 Å². The fourth-order valence-electron chi connectivity index (χ4n) is 2.72. The highest BCUT2D eigenvalue weighted by Crippen LogP contribution is 2.31. The maximum absolute atomic E-state index is 5.94. The summed E-state index contributed by atoms with van der Waals surface area (Å²) in [7, 11) is -2.51. The highest BCUT2D eigenvalue weighted by molar-refractivity contribution is 6.57. The van der Waals surface area contributed by atoms with Gasteiger partial charge in [-0.05, 0) is 39.7 Å². The molecule has 0 bridgehead atoms. The molecular formula is C11H23NO3Si. The summed E-state index contributed by atoms with van der Waals surface area (Å²) in [5.41, 5.74) is 0. The lowest BCUT2D eigenvalue weighted by Gasteiger charge is -2.47. The normalized spacial score (nSPS) is 30.0. The predicted molar refractivity (Wildman–Crippen MR) is 63.9 cm³/mol. The second kappa shape index (κ2) is 5.60. The molecule has 2 fully saturated rings. The molecule has 2 rings (SSSR count). The number of piperidine rings is 1. The average molecular weight is 245 g/mol. The van der Waals surface area contributed by atoms with Crippen LogP contribution in [0.2, 0.25) is 0 Å². The van der Waals surface area contributed by atoms with Crippen LogP contribution in [-0.4, -0.2) is 45.9 Å². The van der Waals surface area contributed by atoms with Crippen LogP contribution in [0, 0.1) is 0 Å². The van der Waals surface area contributed by atoms with Crippen LogP contribution >= 0.6 is 0 Å². The number of nitrogens with zero attached hydrogens (tertiary/aromatic N) is 1. The SMILES string of the molecule is CCO[Si]1(OCC)OCCC2CCCCN21. The molecule has 0 radical (unpaired) electrons. The summed E-state index contributed by atoms with van der Waals surface area (Å²) >= 11 is 0. The van der Waals surface area contributed by atoms with E-state index in [9.17, 15) is 0 Å². The second-order valence-corrected chi connectivity index (χ2v) is 6.86. The van der Waals surface area contributed by atoms with Crippen LogP contribution in [-0.2, 0) is 13.3 Å². The molecule has 0 amide bonds. The Hall–Kier alpha value is 0.0569. The molecule has 0 aliphatic carbocycles. The molecule has 0 N–H and O–H groups in total. The zero-order chi connectivity index (χ0) is 11.4. The van der Waals surface area contributed by atoms with Crippen molar-refractivity contribution in [3.05, 3.63) is 0 Å². The Morgan fingerprint density at radius 1 is 1.19 bits per heavy atom. The summed E-state index contributed by atoms with van der Waals surface area (Å²) in [4.78, 5) is 0. The van der Waals surface area contributed by atoms with Crippen LogP contribution in [0.3, 0.4) is 0 Å². The van der Waals surface area contributed by atoms with Gasteiger partial charge in [0, 0.05) is 25.9 Å². The van der Waals surface area contributed by atoms with Gasteiger partial charge in [0.15, 0.2) is 0 Å². The standard InChI is InChI=1S/C11H23NO3Si/c1-3-13-16(14-4-2)12-9-6-5-7-11(12)8-10-15-16/h11H,3-10H2,1-2H3. The van der Waals surface area contributed by atoms with Crippen molar-refractivity contribution in [3.8, 4) is 0 Å². The number of hydrogen-bond acceptors (Lipinski definition) is 4. The molecule has 2 aliphatic heterocycles. The van der Waals surface area contributed by atoms with Gasteiger partial charge in [-0.1, -0.05) is 6.42 Å². The fourth-order valence-corrected chi connectivity index (χ4v) is 5.71. The van der Waals surface area contributed by atoms with Gasteiger partial charge in [-0.3, -0.25) is 4.57 Å². The lowest BCUT2D eigenvalue weighted by molar-refractivity contribution is -0.0379. The Balaban J connectivity index is 2.13. The van der Waals surface area contributed by atoms with Gasteiger partial charge in [-0.15, -0.1) is 0 Å².